The lowest BCUT2D eigenvalue weighted by Crippen LogP contribution is -2.53. The summed E-state index contributed by atoms with van der Waals surface area (Å²) in [4.78, 5) is 28.7. The summed E-state index contributed by atoms with van der Waals surface area (Å²) in [6.45, 7) is 6.11. The zero-order valence-electron chi connectivity index (χ0n) is 22.6. The van der Waals surface area contributed by atoms with Crippen LogP contribution in [0.25, 0.3) is 0 Å². The Balaban J connectivity index is 1.97. The van der Waals surface area contributed by atoms with Crippen molar-refractivity contribution in [1.29, 1.82) is 0 Å². The van der Waals surface area contributed by atoms with Gasteiger partial charge < -0.3 is 10.2 Å². The first-order chi connectivity index (χ1) is 18.6. The molecule has 0 spiro atoms. The van der Waals surface area contributed by atoms with Crippen molar-refractivity contribution < 1.29 is 18.0 Å². The van der Waals surface area contributed by atoms with Gasteiger partial charge >= 0.3 is 0 Å². The van der Waals surface area contributed by atoms with Crippen molar-refractivity contribution in [3.05, 3.63) is 95.5 Å². The summed E-state index contributed by atoms with van der Waals surface area (Å²) >= 11 is 6.06. The third kappa shape index (κ3) is 8.31. The highest BCUT2D eigenvalue weighted by atomic mass is 35.5. The summed E-state index contributed by atoms with van der Waals surface area (Å²) in [5, 5.41) is 3.38. The Hall–Kier alpha value is -3.36. The standard InChI is InChI=1S/C30H36ClN3O4S/c1-4-28(30(36)32-21-23(2)3)33(20-19-24-11-7-5-8-12-24)29(35)22-34(26-17-15-25(31)16-18-26)39(37,38)27-13-9-6-10-14-27/h5-18,23,28H,4,19-22H2,1-3H3,(H,32,36)/t28-/m1/s1. The van der Waals surface area contributed by atoms with Gasteiger partial charge in [-0.05, 0) is 60.7 Å². The third-order valence-corrected chi connectivity index (χ3v) is 8.32. The first-order valence-electron chi connectivity index (χ1n) is 13.1. The van der Waals surface area contributed by atoms with Gasteiger partial charge in [0, 0.05) is 18.1 Å². The van der Waals surface area contributed by atoms with E-state index in [9.17, 15) is 18.0 Å². The van der Waals surface area contributed by atoms with Gasteiger partial charge in [-0.2, -0.15) is 0 Å². The molecule has 39 heavy (non-hydrogen) atoms. The Kier molecular flexibility index (Phi) is 10.9. The molecule has 0 unspecified atom stereocenters. The molecule has 0 aliphatic heterocycles. The first kappa shape index (κ1) is 30.2. The fourth-order valence-corrected chi connectivity index (χ4v) is 5.74. The van der Waals surface area contributed by atoms with Gasteiger partial charge in [-0.25, -0.2) is 8.42 Å². The average Bonchev–Trinajstić information content (AvgIpc) is 2.94. The van der Waals surface area contributed by atoms with Gasteiger partial charge in [-0.3, -0.25) is 13.9 Å². The maximum atomic E-state index is 13.9. The molecule has 3 rings (SSSR count). The zero-order valence-corrected chi connectivity index (χ0v) is 24.2. The molecule has 0 saturated heterocycles. The highest BCUT2D eigenvalue weighted by molar-refractivity contribution is 7.92. The van der Waals surface area contributed by atoms with E-state index >= 15 is 0 Å². The number of nitrogens with zero attached hydrogens (tertiary/aromatic N) is 2. The van der Waals surface area contributed by atoms with Gasteiger partial charge in [0.15, 0.2) is 0 Å². The maximum absolute atomic E-state index is 13.9. The van der Waals surface area contributed by atoms with Crippen molar-refractivity contribution in [1.82, 2.24) is 10.2 Å². The number of nitrogens with one attached hydrogen (secondary N) is 1. The summed E-state index contributed by atoms with van der Waals surface area (Å²) in [5.74, 6) is -0.472. The molecule has 0 bridgehead atoms. The van der Waals surface area contributed by atoms with E-state index in [4.69, 9.17) is 11.6 Å². The van der Waals surface area contributed by atoms with Crippen molar-refractivity contribution in [3.63, 3.8) is 0 Å². The van der Waals surface area contributed by atoms with Crippen LogP contribution in [-0.4, -0.2) is 50.8 Å². The summed E-state index contributed by atoms with van der Waals surface area (Å²) in [6, 6.07) is 23.2. The van der Waals surface area contributed by atoms with E-state index in [-0.39, 0.29) is 23.3 Å². The van der Waals surface area contributed by atoms with Gasteiger partial charge in [0.05, 0.1) is 10.6 Å². The molecule has 1 N–H and O–H groups in total. The minimum absolute atomic E-state index is 0.0605. The van der Waals surface area contributed by atoms with Gasteiger partial charge in [0.25, 0.3) is 10.0 Å². The Morgan fingerprint density at radius 3 is 2.05 bits per heavy atom. The van der Waals surface area contributed by atoms with Crippen LogP contribution in [0.2, 0.25) is 5.02 Å². The van der Waals surface area contributed by atoms with Crippen LogP contribution in [0, 0.1) is 5.92 Å². The largest absolute Gasteiger partial charge is 0.354 e. The van der Waals surface area contributed by atoms with Gasteiger partial charge in [0.1, 0.15) is 12.6 Å². The molecule has 3 aromatic carbocycles. The Labute approximate surface area is 236 Å². The predicted molar refractivity (Wildman–Crippen MR) is 156 cm³/mol. The van der Waals surface area contributed by atoms with Crippen molar-refractivity contribution in [2.24, 2.45) is 5.92 Å². The number of hydrogen-bond donors (Lipinski definition) is 1. The number of amides is 2. The highest BCUT2D eigenvalue weighted by Crippen LogP contribution is 2.26. The topological polar surface area (TPSA) is 86.8 Å². The number of sulfonamides is 1. The second kappa shape index (κ2) is 14.1. The normalized spacial score (nSPS) is 12.1. The molecule has 0 saturated carbocycles. The van der Waals surface area contributed by atoms with E-state index < -0.39 is 28.5 Å². The van der Waals surface area contributed by atoms with E-state index in [1.807, 2.05) is 51.1 Å². The molecule has 0 radical (unpaired) electrons. The van der Waals surface area contributed by atoms with Crippen LogP contribution in [-0.2, 0) is 26.0 Å². The molecule has 2 amide bonds. The number of benzene rings is 3. The smallest absolute Gasteiger partial charge is 0.264 e. The van der Waals surface area contributed by atoms with E-state index in [1.165, 1.54) is 17.0 Å². The van der Waals surface area contributed by atoms with Crippen LogP contribution in [0.1, 0.15) is 32.8 Å². The highest BCUT2D eigenvalue weighted by Gasteiger charge is 2.33. The van der Waals surface area contributed by atoms with Crippen molar-refractivity contribution in [3.8, 4) is 0 Å². The molecule has 7 nitrogen and oxygen atoms in total. The number of carbonyl (C=O) groups is 2. The number of rotatable bonds is 13. The zero-order chi connectivity index (χ0) is 28.4. The molecule has 3 aromatic rings. The van der Waals surface area contributed by atoms with E-state index in [0.717, 1.165) is 9.87 Å². The Bertz CT molecular complexity index is 1320. The summed E-state index contributed by atoms with van der Waals surface area (Å²) in [5.41, 5.74) is 1.32. The molecule has 0 aliphatic carbocycles. The van der Waals surface area contributed by atoms with E-state index in [1.54, 1.807) is 42.5 Å². The van der Waals surface area contributed by atoms with Gasteiger partial charge in [-0.1, -0.05) is 80.9 Å². The Morgan fingerprint density at radius 1 is 0.897 bits per heavy atom. The van der Waals surface area contributed by atoms with Gasteiger partial charge in [-0.15, -0.1) is 0 Å². The van der Waals surface area contributed by atoms with E-state index in [0.29, 0.717) is 30.1 Å². The predicted octanol–water partition coefficient (Wildman–Crippen LogP) is 5.16. The van der Waals surface area contributed by atoms with E-state index in [2.05, 4.69) is 5.32 Å². The number of hydrogen-bond acceptors (Lipinski definition) is 4. The lowest BCUT2D eigenvalue weighted by Gasteiger charge is -2.33. The van der Waals surface area contributed by atoms with Crippen LogP contribution >= 0.6 is 11.6 Å². The second-order valence-electron chi connectivity index (χ2n) is 9.69. The molecule has 0 fully saturated rings. The molecular formula is C30H36ClN3O4S. The SMILES string of the molecule is CC[C@H](C(=O)NCC(C)C)N(CCc1ccccc1)C(=O)CN(c1ccc(Cl)cc1)S(=O)(=O)c1ccccc1. The molecule has 0 aromatic heterocycles. The lowest BCUT2D eigenvalue weighted by atomic mass is 10.1. The molecular weight excluding hydrogens is 534 g/mol. The number of carbonyl (C=O) groups excluding carboxylic acids is 2. The number of halogens is 1. The van der Waals surface area contributed by atoms with Gasteiger partial charge in [0.2, 0.25) is 11.8 Å². The van der Waals surface area contributed by atoms with Crippen LogP contribution in [0.4, 0.5) is 5.69 Å². The average molecular weight is 570 g/mol. The first-order valence-corrected chi connectivity index (χ1v) is 14.9. The third-order valence-electron chi connectivity index (χ3n) is 6.28. The van der Waals surface area contributed by atoms with Crippen molar-refractivity contribution in [2.75, 3.05) is 23.9 Å². The monoisotopic (exact) mass is 569 g/mol. The van der Waals surface area contributed by atoms with Crippen LogP contribution in [0.15, 0.2) is 89.8 Å². The summed E-state index contributed by atoms with van der Waals surface area (Å²) in [7, 11) is -4.09. The summed E-state index contributed by atoms with van der Waals surface area (Å²) < 4.78 is 28.6. The molecule has 208 valence electrons. The summed E-state index contributed by atoms with van der Waals surface area (Å²) in [6.07, 6.45) is 0.907. The van der Waals surface area contributed by atoms with Crippen molar-refractivity contribution >= 4 is 39.1 Å². The fourth-order valence-electron chi connectivity index (χ4n) is 4.17. The minimum atomic E-state index is -4.09. The molecule has 0 heterocycles. The van der Waals surface area contributed by atoms with Crippen LogP contribution in [0.5, 0.6) is 0 Å². The van der Waals surface area contributed by atoms with Crippen molar-refractivity contribution in [2.45, 2.75) is 44.6 Å². The fraction of sp³-hybridized carbons (Fsp3) is 0.333. The number of anilines is 1. The Morgan fingerprint density at radius 2 is 1.49 bits per heavy atom. The second-order valence-corrected chi connectivity index (χ2v) is 12.0. The lowest BCUT2D eigenvalue weighted by molar-refractivity contribution is -0.139. The minimum Gasteiger partial charge on any atom is -0.354 e. The molecule has 1 atom stereocenters. The van der Waals surface area contributed by atoms with Crippen LogP contribution in [0.3, 0.4) is 0 Å². The van der Waals surface area contributed by atoms with Crippen LogP contribution < -0.4 is 9.62 Å². The quantitative estimate of drug-likeness (QED) is 0.308. The molecule has 0 aliphatic rings. The maximum Gasteiger partial charge on any atom is 0.264 e. The molecule has 9 heteroatoms.